The van der Waals surface area contributed by atoms with Crippen LogP contribution in [0.15, 0.2) is 36.5 Å². The Bertz CT molecular complexity index is 477. The van der Waals surface area contributed by atoms with Crippen molar-refractivity contribution in [2.45, 2.75) is 33.4 Å². The number of nitrogens with zero attached hydrogens (tertiary/aromatic N) is 2. The van der Waals surface area contributed by atoms with Crippen LogP contribution in [-0.2, 0) is 16.1 Å². The molecule has 0 aromatic carbocycles. The van der Waals surface area contributed by atoms with Crippen LogP contribution in [0.5, 0.6) is 0 Å². The summed E-state index contributed by atoms with van der Waals surface area (Å²) in [5, 5.41) is 0. The molecule has 0 amide bonds. The van der Waals surface area contributed by atoms with Crippen molar-refractivity contribution in [3.63, 3.8) is 0 Å². The lowest BCUT2D eigenvalue weighted by Crippen LogP contribution is -2.39. The second-order valence-corrected chi connectivity index (χ2v) is 6.14. The summed E-state index contributed by atoms with van der Waals surface area (Å²) in [5.74, 6) is -0.160. The van der Waals surface area contributed by atoms with Crippen molar-refractivity contribution in [3.05, 3.63) is 42.2 Å². The van der Waals surface area contributed by atoms with E-state index in [4.69, 9.17) is 4.74 Å². The molecule has 4 heteroatoms. The Labute approximate surface area is 120 Å². The number of aromatic nitrogens is 1. The lowest BCUT2D eigenvalue weighted by atomic mass is 9.97. The van der Waals surface area contributed by atoms with Crippen molar-refractivity contribution in [1.82, 2.24) is 9.88 Å². The molecule has 0 saturated heterocycles. The monoisotopic (exact) mass is 274 g/mol. The summed E-state index contributed by atoms with van der Waals surface area (Å²) in [5.41, 5.74) is 0.570. The summed E-state index contributed by atoms with van der Waals surface area (Å²) in [6.45, 7) is 7.96. The van der Waals surface area contributed by atoms with E-state index in [-0.39, 0.29) is 12.1 Å². The first-order valence-corrected chi connectivity index (χ1v) is 6.95. The average molecular weight is 274 g/mol. The van der Waals surface area contributed by atoms with Crippen LogP contribution < -0.4 is 0 Å². The standard InChI is InChI=1S/C16H22N2O2/c1-16(2,3)15(19)20-14-8-6-10-18(12-14)11-13-7-4-5-9-17-13/h4-9,14H,10-12H2,1-3H3. The smallest absolute Gasteiger partial charge is 0.311 e. The zero-order chi connectivity index (χ0) is 14.6. The normalized spacial score (nSPS) is 19.9. The van der Waals surface area contributed by atoms with Crippen molar-refractivity contribution in [3.8, 4) is 0 Å². The van der Waals surface area contributed by atoms with Crippen LogP contribution in [-0.4, -0.2) is 35.0 Å². The zero-order valence-corrected chi connectivity index (χ0v) is 12.4. The molecule has 1 aromatic heterocycles. The van der Waals surface area contributed by atoms with E-state index in [2.05, 4.69) is 9.88 Å². The quantitative estimate of drug-likeness (QED) is 0.627. The zero-order valence-electron chi connectivity index (χ0n) is 12.4. The number of pyridine rings is 1. The molecule has 1 unspecified atom stereocenters. The van der Waals surface area contributed by atoms with E-state index >= 15 is 0 Å². The summed E-state index contributed by atoms with van der Waals surface area (Å²) in [6.07, 6.45) is 5.65. The van der Waals surface area contributed by atoms with Gasteiger partial charge >= 0.3 is 5.97 Å². The predicted octanol–water partition coefficient (Wildman–Crippen LogP) is 2.41. The molecule has 0 N–H and O–H groups in total. The number of carbonyl (C=O) groups excluding carboxylic acids is 1. The maximum Gasteiger partial charge on any atom is 0.311 e. The van der Waals surface area contributed by atoms with E-state index in [1.807, 2.05) is 51.1 Å². The Kier molecular flexibility index (Phi) is 4.55. The molecular weight excluding hydrogens is 252 g/mol. The van der Waals surface area contributed by atoms with E-state index in [1.54, 1.807) is 6.20 Å². The van der Waals surface area contributed by atoms with Gasteiger partial charge in [-0.2, -0.15) is 0 Å². The van der Waals surface area contributed by atoms with Gasteiger partial charge in [-0.05, 0) is 39.0 Å². The minimum atomic E-state index is -0.461. The largest absolute Gasteiger partial charge is 0.456 e. The van der Waals surface area contributed by atoms with Crippen molar-refractivity contribution >= 4 is 5.97 Å². The van der Waals surface area contributed by atoms with Gasteiger partial charge in [0.1, 0.15) is 6.10 Å². The highest BCUT2D eigenvalue weighted by Gasteiger charge is 2.27. The average Bonchev–Trinajstić information content (AvgIpc) is 2.39. The van der Waals surface area contributed by atoms with Gasteiger partial charge in [0.05, 0.1) is 11.1 Å². The van der Waals surface area contributed by atoms with Gasteiger partial charge < -0.3 is 4.74 Å². The Balaban J connectivity index is 1.91. The Hall–Kier alpha value is -1.68. The van der Waals surface area contributed by atoms with E-state index in [1.165, 1.54) is 0 Å². The molecule has 2 rings (SSSR count). The highest BCUT2D eigenvalue weighted by molar-refractivity contribution is 5.75. The Morgan fingerprint density at radius 1 is 1.45 bits per heavy atom. The second-order valence-electron chi connectivity index (χ2n) is 6.14. The fourth-order valence-electron chi connectivity index (χ4n) is 1.99. The maximum atomic E-state index is 11.9. The molecule has 0 radical (unpaired) electrons. The molecule has 0 fully saturated rings. The number of hydrogen-bond donors (Lipinski definition) is 0. The highest BCUT2D eigenvalue weighted by Crippen LogP contribution is 2.18. The summed E-state index contributed by atoms with van der Waals surface area (Å²) in [6, 6.07) is 5.90. The van der Waals surface area contributed by atoms with Crippen molar-refractivity contribution in [2.75, 3.05) is 13.1 Å². The van der Waals surface area contributed by atoms with Gasteiger partial charge in [0.25, 0.3) is 0 Å². The Morgan fingerprint density at radius 3 is 2.90 bits per heavy atom. The van der Waals surface area contributed by atoms with Gasteiger partial charge in [-0.3, -0.25) is 14.7 Å². The van der Waals surface area contributed by atoms with Crippen LogP contribution in [0.1, 0.15) is 26.5 Å². The molecule has 0 bridgehead atoms. The third-order valence-corrected chi connectivity index (χ3v) is 3.14. The lowest BCUT2D eigenvalue weighted by molar-refractivity contribution is -0.157. The molecule has 0 spiro atoms. The number of esters is 1. The highest BCUT2D eigenvalue weighted by atomic mass is 16.5. The van der Waals surface area contributed by atoms with Crippen LogP contribution in [0.4, 0.5) is 0 Å². The molecule has 108 valence electrons. The van der Waals surface area contributed by atoms with Gasteiger partial charge in [0, 0.05) is 25.8 Å². The predicted molar refractivity (Wildman–Crippen MR) is 78.0 cm³/mol. The van der Waals surface area contributed by atoms with Crippen molar-refractivity contribution in [2.24, 2.45) is 5.41 Å². The van der Waals surface area contributed by atoms with Crippen LogP contribution in [0.2, 0.25) is 0 Å². The van der Waals surface area contributed by atoms with E-state index in [9.17, 15) is 4.79 Å². The SMILES string of the molecule is CC(C)(C)C(=O)OC1C=CCN(Cc2ccccn2)C1. The van der Waals surface area contributed by atoms with Crippen molar-refractivity contribution in [1.29, 1.82) is 0 Å². The van der Waals surface area contributed by atoms with Crippen LogP contribution >= 0.6 is 0 Å². The minimum Gasteiger partial charge on any atom is -0.456 e. The first kappa shape index (κ1) is 14.7. The topological polar surface area (TPSA) is 42.4 Å². The maximum absolute atomic E-state index is 11.9. The molecule has 0 aliphatic carbocycles. The summed E-state index contributed by atoms with van der Waals surface area (Å²) < 4.78 is 5.54. The Morgan fingerprint density at radius 2 is 2.25 bits per heavy atom. The minimum absolute atomic E-state index is 0.160. The van der Waals surface area contributed by atoms with Crippen LogP contribution in [0, 0.1) is 5.41 Å². The van der Waals surface area contributed by atoms with Crippen molar-refractivity contribution < 1.29 is 9.53 Å². The molecule has 1 aromatic rings. The molecule has 1 atom stereocenters. The number of hydrogen-bond acceptors (Lipinski definition) is 4. The van der Waals surface area contributed by atoms with Gasteiger partial charge in [-0.15, -0.1) is 0 Å². The number of ether oxygens (including phenoxy) is 1. The fraction of sp³-hybridized carbons (Fsp3) is 0.500. The third-order valence-electron chi connectivity index (χ3n) is 3.14. The number of carbonyl (C=O) groups is 1. The molecule has 20 heavy (non-hydrogen) atoms. The number of rotatable bonds is 3. The fourth-order valence-corrected chi connectivity index (χ4v) is 1.99. The first-order valence-electron chi connectivity index (χ1n) is 6.95. The van der Waals surface area contributed by atoms with E-state index < -0.39 is 5.41 Å². The summed E-state index contributed by atoms with van der Waals surface area (Å²) >= 11 is 0. The molecular formula is C16H22N2O2. The molecule has 4 nitrogen and oxygen atoms in total. The summed E-state index contributed by atoms with van der Waals surface area (Å²) in [7, 11) is 0. The molecule has 1 aliphatic rings. The van der Waals surface area contributed by atoms with Gasteiger partial charge in [-0.1, -0.05) is 12.1 Å². The lowest BCUT2D eigenvalue weighted by Gasteiger charge is -2.30. The van der Waals surface area contributed by atoms with Crippen LogP contribution in [0.3, 0.4) is 0 Å². The molecule has 1 aliphatic heterocycles. The first-order chi connectivity index (χ1) is 9.45. The second kappa shape index (κ2) is 6.18. The summed E-state index contributed by atoms with van der Waals surface area (Å²) in [4.78, 5) is 18.5. The van der Waals surface area contributed by atoms with Crippen LogP contribution in [0.25, 0.3) is 0 Å². The van der Waals surface area contributed by atoms with Gasteiger partial charge in [0.2, 0.25) is 0 Å². The molecule has 2 heterocycles. The van der Waals surface area contributed by atoms with Gasteiger partial charge in [0.15, 0.2) is 0 Å². The van der Waals surface area contributed by atoms with E-state index in [0.29, 0.717) is 0 Å². The van der Waals surface area contributed by atoms with E-state index in [0.717, 1.165) is 25.3 Å². The third kappa shape index (κ3) is 4.17. The molecule has 0 saturated carbocycles. The van der Waals surface area contributed by atoms with Gasteiger partial charge in [-0.25, -0.2) is 0 Å².